The molecule has 3 rings (SSSR count). The number of non-ortho nitro benzene ring substituents is 1. The Morgan fingerprint density at radius 2 is 1.82 bits per heavy atom. The van der Waals surface area contributed by atoms with Crippen LogP contribution in [0.15, 0.2) is 69.6 Å². The molecule has 0 aliphatic carbocycles. The molecule has 144 valence electrons. The van der Waals surface area contributed by atoms with Crippen LogP contribution in [0.4, 0.5) is 15.8 Å². The van der Waals surface area contributed by atoms with Crippen molar-refractivity contribution in [3.05, 3.63) is 96.7 Å². The predicted molar refractivity (Wildman–Crippen MR) is 113 cm³/mol. The summed E-state index contributed by atoms with van der Waals surface area (Å²) in [6.45, 7) is 0.664. The minimum Gasteiger partial charge on any atom is -0.487 e. The first-order valence-corrected chi connectivity index (χ1v) is 9.84. The fourth-order valence-corrected chi connectivity index (χ4v) is 4.02. The van der Waals surface area contributed by atoms with E-state index in [9.17, 15) is 14.5 Å². The highest BCUT2D eigenvalue weighted by molar-refractivity contribution is 9.11. The first-order chi connectivity index (χ1) is 13.4. The van der Waals surface area contributed by atoms with Gasteiger partial charge in [0, 0.05) is 34.4 Å². The first kappa shape index (κ1) is 20.3. The zero-order valence-electron chi connectivity index (χ0n) is 14.5. The van der Waals surface area contributed by atoms with Crippen LogP contribution in [0.3, 0.4) is 0 Å². The SMILES string of the molecule is O=[N+]([O-])c1ccc(NCc2cc(Br)cc(Br)c2OCc2cccc(F)c2)cc1. The summed E-state index contributed by atoms with van der Waals surface area (Å²) in [5.74, 6) is 0.331. The van der Waals surface area contributed by atoms with Gasteiger partial charge in [0.2, 0.25) is 0 Å². The van der Waals surface area contributed by atoms with E-state index in [0.717, 1.165) is 25.8 Å². The Morgan fingerprint density at radius 1 is 1.07 bits per heavy atom. The van der Waals surface area contributed by atoms with Gasteiger partial charge in [0.25, 0.3) is 5.69 Å². The second-order valence-electron chi connectivity index (χ2n) is 5.95. The average molecular weight is 510 g/mol. The number of nitrogens with zero attached hydrogens (tertiary/aromatic N) is 1. The number of anilines is 1. The van der Waals surface area contributed by atoms with E-state index < -0.39 is 4.92 Å². The van der Waals surface area contributed by atoms with E-state index in [4.69, 9.17) is 4.74 Å². The summed E-state index contributed by atoms with van der Waals surface area (Å²) in [6, 6.07) is 16.2. The van der Waals surface area contributed by atoms with Crippen LogP contribution in [0.2, 0.25) is 0 Å². The third-order valence-electron chi connectivity index (χ3n) is 3.92. The van der Waals surface area contributed by atoms with Gasteiger partial charge in [-0.25, -0.2) is 4.39 Å². The summed E-state index contributed by atoms with van der Waals surface area (Å²) < 4.78 is 20.9. The lowest BCUT2D eigenvalue weighted by Gasteiger charge is -2.15. The van der Waals surface area contributed by atoms with Gasteiger partial charge in [0.05, 0.1) is 9.40 Å². The van der Waals surface area contributed by atoms with Crippen LogP contribution in [0.1, 0.15) is 11.1 Å². The number of halogens is 3. The molecule has 8 heteroatoms. The number of hydrogen-bond acceptors (Lipinski definition) is 4. The van der Waals surface area contributed by atoms with Gasteiger partial charge < -0.3 is 10.1 Å². The van der Waals surface area contributed by atoms with Crippen LogP contribution < -0.4 is 10.1 Å². The van der Waals surface area contributed by atoms with Crippen LogP contribution in [0.5, 0.6) is 5.75 Å². The normalized spacial score (nSPS) is 10.5. The van der Waals surface area contributed by atoms with E-state index in [0.29, 0.717) is 12.3 Å². The topological polar surface area (TPSA) is 64.4 Å². The molecule has 0 heterocycles. The molecule has 0 saturated heterocycles. The Bertz CT molecular complexity index is 997. The van der Waals surface area contributed by atoms with Gasteiger partial charge in [-0.1, -0.05) is 28.1 Å². The molecule has 0 bridgehead atoms. The summed E-state index contributed by atoms with van der Waals surface area (Å²) in [7, 11) is 0. The van der Waals surface area contributed by atoms with Gasteiger partial charge in [-0.15, -0.1) is 0 Å². The van der Waals surface area contributed by atoms with Crippen LogP contribution in [0, 0.1) is 15.9 Å². The highest BCUT2D eigenvalue weighted by Gasteiger charge is 2.12. The quantitative estimate of drug-likeness (QED) is 0.293. The summed E-state index contributed by atoms with van der Waals surface area (Å²) in [5, 5.41) is 14.0. The van der Waals surface area contributed by atoms with Crippen molar-refractivity contribution < 1.29 is 14.1 Å². The first-order valence-electron chi connectivity index (χ1n) is 8.26. The number of hydrogen-bond donors (Lipinski definition) is 1. The van der Waals surface area contributed by atoms with Crippen LogP contribution in [-0.2, 0) is 13.2 Å². The molecule has 0 aromatic heterocycles. The average Bonchev–Trinajstić information content (AvgIpc) is 2.65. The van der Waals surface area contributed by atoms with Crippen molar-refractivity contribution in [1.82, 2.24) is 0 Å². The molecular weight excluding hydrogens is 495 g/mol. The molecule has 0 aliphatic rings. The Kier molecular flexibility index (Phi) is 6.64. The van der Waals surface area contributed by atoms with E-state index in [1.54, 1.807) is 24.3 Å². The molecule has 0 radical (unpaired) electrons. The van der Waals surface area contributed by atoms with Gasteiger partial charge in [0.1, 0.15) is 18.2 Å². The van der Waals surface area contributed by atoms with Crippen molar-refractivity contribution in [2.75, 3.05) is 5.32 Å². The molecule has 0 amide bonds. The fraction of sp³-hybridized carbons (Fsp3) is 0.100. The Balaban J connectivity index is 1.75. The molecule has 3 aromatic rings. The number of nitro groups is 1. The molecule has 28 heavy (non-hydrogen) atoms. The summed E-state index contributed by atoms with van der Waals surface area (Å²) in [4.78, 5) is 10.3. The number of nitrogens with one attached hydrogen (secondary N) is 1. The molecule has 3 aromatic carbocycles. The maximum atomic E-state index is 13.4. The van der Waals surface area contributed by atoms with Crippen molar-refractivity contribution in [3.8, 4) is 5.75 Å². The molecule has 5 nitrogen and oxygen atoms in total. The molecule has 0 fully saturated rings. The van der Waals surface area contributed by atoms with E-state index >= 15 is 0 Å². The summed E-state index contributed by atoms with van der Waals surface area (Å²) in [6.07, 6.45) is 0. The zero-order valence-corrected chi connectivity index (χ0v) is 17.7. The van der Waals surface area contributed by atoms with Crippen molar-refractivity contribution in [3.63, 3.8) is 0 Å². The molecule has 1 N–H and O–H groups in total. The number of ether oxygens (including phenoxy) is 1. The Morgan fingerprint density at radius 3 is 2.50 bits per heavy atom. The number of benzene rings is 3. The molecule has 0 spiro atoms. The van der Waals surface area contributed by atoms with Crippen LogP contribution >= 0.6 is 31.9 Å². The van der Waals surface area contributed by atoms with Crippen molar-refractivity contribution >= 4 is 43.2 Å². The molecular formula is C20H15Br2FN2O3. The van der Waals surface area contributed by atoms with Crippen LogP contribution in [-0.4, -0.2) is 4.92 Å². The molecule has 0 saturated carbocycles. The largest absolute Gasteiger partial charge is 0.487 e. The summed E-state index contributed by atoms with van der Waals surface area (Å²) in [5.41, 5.74) is 2.38. The van der Waals surface area contributed by atoms with E-state index in [1.807, 2.05) is 12.1 Å². The van der Waals surface area contributed by atoms with Crippen molar-refractivity contribution in [2.24, 2.45) is 0 Å². The standard InChI is InChI=1S/C20H15Br2FN2O3/c21-15-9-14(11-24-17-4-6-18(7-5-17)25(26)27)20(19(22)10-15)28-12-13-2-1-3-16(23)8-13/h1-10,24H,11-12H2. The van der Waals surface area contributed by atoms with Crippen molar-refractivity contribution in [1.29, 1.82) is 0 Å². The number of rotatable bonds is 7. The predicted octanol–water partition coefficient (Wildman–Crippen LogP) is 6.45. The van der Waals surface area contributed by atoms with Gasteiger partial charge in [-0.3, -0.25) is 10.1 Å². The molecule has 0 unspecified atom stereocenters. The van der Waals surface area contributed by atoms with Crippen LogP contribution in [0.25, 0.3) is 0 Å². The lowest BCUT2D eigenvalue weighted by atomic mass is 10.2. The third kappa shape index (κ3) is 5.30. The van der Waals surface area contributed by atoms with Crippen molar-refractivity contribution in [2.45, 2.75) is 13.2 Å². The second-order valence-corrected chi connectivity index (χ2v) is 7.72. The summed E-state index contributed by atoms with van der Waals surface area (Å²) >= 11 is 6.97. The Labute approximate surface area is 177 Å². The lowest BCUT2D eigenvalue weighted by Crippen LogP contribution is -2.05. The maximum Gasteiger partial charge on any atom is 0.269 e. The zero-order chi connectivity index (χ0) is 20.1. The smallest absolute Gasteiger partial charge is 0.269 e. The second kappa shape index (κ2) is 9.16. The monoisotopic (exact) mass is 508 g/mol. The fourth-order valence-electron chi connectivity index (χ4n) is 2.59. The van der Waals surface area contributed by atoms with Gasteiger partial charge in [0.15, 0.2) is 0 Å². The minimum atomic E-state index is -0.437. The van der Waals surface area contributed by atoms with E-state index in [-0.39, 0.29) is 18.1 Å². The van der Waals surface area contributed by atoms with E-state index in [2.05, 4.69) is 37.2 Å². The number of nitro benzene ring substituents is 1. The minimum absolute atomic E-state index is 0.0369. The molecule has 0 aliphatic heterocycles. The van der Waals surface area contributed by atoms with Gasteiger partial charge in [-0.05, 0) is 57.9 Å². The van der Waals surface area contributed by atoms with Gasteiger partial charge in [-0.2, -0.15) is 0 Å². The Hall–Kier alpha value is -2.45. The highest BCUT2D eigenvalue weighted by atomic mass is 79.9. The lowest BCUT2D eigenvalue weighted by molar-refractivity contribution is -0.384. The highest BCUT2D eigenvalue weighted by Crippen LogP contribution is 2.34. The molecule has 0 atom stereocenters. The maximum absolute atomic E-state index is 13.4. The van der Waals surface area contributed by atoms with Gasteiger partial charge >= 0.3 is 0 Å². The van der Waals surface area contributed by atoms with E-state index in [1.165, 1.54) is 24.3 Å². The third-order valence-corrected chi connectivity index (χ3v) is 4.97.